The van der Waals surface area contributed by atoms with E-state index in [4.69, 9.17) is 10.5 Å². The lowest BCUT2D eigenvalue weighted by Crippen LogP contribution is -2.50. The van der Waals surface area contributed by atoms with Crippen molar-refractivity contribution >= 4 is 23.2 Å². The highest BCUT2D eigenvalue weighted by Gasteiger charge is 2.28. The van der Waals surface area contributed by atoms with Crippen LogP contribution in [0, 0.1) is 11.7 Å². The Morgan fingerprint density at radius 3 is 2.82 bits per heavy atom. The fourth-order valence-electron chi connectivity index (χ4n) is 3.71. The number of hydrogen-bond acceptors (Lipinski definition) is 5. The van der Waals surface area contributed by atoms with Crippen molar-refractivity contribution in [2.75, 3.05) is 49.6 Å². The first-order valence-corrected chi connectivity index (χ1v) is 9.96. The number of amides is 2. The van der Waals surface area contributed by atoms with Gasteiger partial charge >= 0.3 is 0 Å². The van der Waals surface area contributed by atoms with Crippen molar-refractivity contribution in [3.8, 4) is 0 Å². The summed E-state index contributed by atoms with van der Waals surface area (Å²) in [5.41, 5.74) is 6.42. The van der Waals surface area contributed by atoms with Crippen LogP contribution < -0.4 is 16.0 Å². The number of carbonyl (C=O) groups excluding carboxylic acids is 2. The number of halogens is 1. The van der Waals surface area contributed by atoms with Crippen LogP contribution in [0.1, 0.15) is 26.2 Å². The molecule has 0 bridgehead atoms. The Labute approximate surface area is 165 Å². The summed E-state index contributed by atoms with van der Waals surface area (Å²) in [6.45, 7) is 4.44. The van der Waals surface area contributed by atoms with E-state index in [0.29, 0.717) is 24.8 Å². The average molecular weight is 392 g/mol. The van der Waals surface area contributed by atoms with Crippen LogP contribution >= 0.6 is 0 Å². The molecule has 2 amide bonds. The highest BCUT2D eigenvalue weighted by molar-refractivity contribution is 5.97. The maximum Gasteiger partial charge on any atom is 0.253 e. The third-order valence-electron chi connectivity index (χ3n) is 5.58. The summed E-state index contributed by atoms with van der Waals surface area (Å²) in [5.74, 6) is -0.443. The highest BCUT2D eigenvalue weighted by Crippen LogP contribution is 2.28. The molecule has 0 radical (unpaired) electrons. The first kappa shape index (κ1) is 20.7. The molecule has 154 valence electrons. The molecule has 1 atom stereocenters. The van der Waals surface area contributed by atoms with E-state index in [2.05, 4.69) is 10.2 Å². The van der Waals surface area contributed by atoms with E-state index < -0.39 is 11.9 Å². The molecule has 1 aliphatic carbocycles. The van der Waals surface area contributed by atoms with Crippen LogP contribution in [0.4, 0.5) is 15.8 Å². The molecule has 2 aliphatic rings. The molecular weight excluding hydrogens is 363 g/mol. The fourth-order valence-corrected chi connectivity index (χ4v) is 3.71. The van der Waals surface area contributed by atoms with E-state index in [1.54, 1.807) is 6.07 Å². The van der Waals surface area contributed by atoms with Gasteiger partial charge in [-0.25, -0.2) is 4.39 Å². The lowest BCUT2D eigenvalue weighted by Gasteiger charge is -2.35. The lowest BCUT2D eigenvalue weighted by atomic mass is 9.85. The number of rotatable bonds is 8. The van der Waals surface area contributed by atoms with Crippen LogP contribution in [-0.2, 0) is 14.3 Å². The Hall–Kier alpha value is -2.03. The summed E-state index contributed by atoms with van der Waals surface area (Å²) in [6.07, 6.45) is 3.64. The van der Waals surface area contributed by atoms with Crippen molar-refractivity contribution in [2.45, 2.75) is 32.2 Å². The van der Waals surface area contributed by atoms with Crippen LogP contribution in [0.15, 0.2) is 18.2 Å². The summed E-state index contributed by atoms with van der Waals surface area (Å²) in [6, 6.07) is 3.91. The first-order chi connectivity index (χ1) is 13.5. The van der Waals surface area contributed by atoms with Crippen LogP contribution in [0.5, 0.6) is 0 Å². The minimum absolute atomic E-state index is 0.0516. The van der Waals surface area contributed by atoms with Crippen molar-refractivity contribution in [1.82, 2.24) is 4.90 Å². The Morgan fingerprint density at radius 2 is 2.25 bits per heavy atom. The molecule has 1 saturated heterocycles. The van der Waals surface area contributed by atoms with E-state index in [0.717, 1.165) is 13.1 Å². The Kier molecular flexibility index (Phi) is 6.98. The molecule has 3 N–H and O–H groups in total. The predicted octanol–water partition coefficient (Wildman–Crippen LogP) is 1.58. The minimum Gasteiger partial charge on any atom is -0.370 e. The minimum atomic E-state index is -0.556. The zero-order valence-corrected chi connectivity index (χ0v) is 16.3. The lowest BCUT2D eigenvalue weighted by molar-refractivity contribution is -0.125. The van der Waals surface area contributed by atoms with Gasteiger partial charge in [-0.05, 0) is 43.5 Å². The number of hydrogen-bond donors (Lipinski definition) is 2. The van der Waals surface area contributed by atoms with E-state index >= 15 is 0 Å². The molecule has 1 aliphatic heterocycles. The molecule has 28 heavy (non-hydrogen) atoms. The van der Waals surface area contributed by atoms with Crippen LogP contribution in [0.2, 0.25) is 0 Å². The van der Waals surface area contributed by atoms with Crippen LogP contribution in [0.3, 0.4) is 0 Å². The summed E-state index contributed by atoms with van der Waals surface area (Å²) in [7, 11) is 0. The van der Waals surface area contributed by atoms with Gasteiger partial charge in [-0.3, -0.25) is 14.5 Å². The Bertz CT molecular complexity index is 711. The standard InChI is InChI=1S/C20H29FN4O3/c1-2-24(12-14-4-3-5-14)18(11-22)20(27)23-15-6-7-17(16(21)10-15)25-8-9-28-13-19(25)26/h6-7,10,14,18H,2-5,8-9,11-13,22H2,1H3,(H,23,27)/t18-/m0/s1. The summed E-state index contributed by atoms with van der Waals surface area (Å²) in [4.78, 5) is 28.1. The van der Waals surface area contributed by atoms with Gasteiger partial charge < -0.3 is 20.7 Å². The number of ether oxygens (including phenoxy) is 1. The van der Waals surface area contributed by atoms with E-state index in [1.807, 2.05) is 6.92 Å². The van der Waals surface area contributed by atoms with E-state index in [-0.39, 0.29) is 30.7 Å². The Morgan fingerprint density at radius 1 is 1.46 bits per heavy atom. The zero-order chi connectivity index (χ0) is 20.1. The number of benzene rings is 1. The smallest absolute Gasteiger partial charge is 0.253 e. The second kappa shape index (κ2) is 9.45. The normalized spacial score (nSPS) is 18.9. The van der Waals surface area contributed by atoms with Crippen LogP contribution in [-0.4, -0.2) is 62.1 Å². The molecule has 1 saturated carbocycles. The molecule has 8 heteroatoms. The predicted molar refractivity (Wildman–Crippen MR) is 106 cm³/mol. The van der Waals surface area contributed by atoms with Gasteiger partial charge in [-0.1, -0.05) is 13.3 Å². The van der Waals surface area contributed by atoms with Crippen molar-refractivity contribution < 1.29 is 18.7 Å². The topological polar surface area (TPSA) is 87.9 Å². The molecule has 0 unspecified atom stereocenters. The van der Waals surface area contributed by atoms with E-state index in [9.17, 15) is 14.0 Å². The maximum absolute atomic E-state index is 14.6. The quantitative estimate of drug-likeness (QED) is 0.701. The van der Waals surface area contributed by atoms with Crippen molar-refractivity contribution in [3.63, 3.8) is 0 Å². The number of carbonyl (C=O) groups is 2. The molecule has 7 nitrogen and oxygen atoms in total. The SMILES string of the molecule is CCN(CC1CCC1)[C@@H](CN)C(=O)Nc1ccc(N2CCOCC2=O)c(F)c1. The molecule has 0 spiro atoms. The molecule has 3 rings (SSSR count). The monoisotopic (exact) mass is 392 g/mol. The largest absolute Gasteiger partial charge is 0.370 e. The summed E-state index contributed by atoms with van der Waals surface area (Å²) < 4.78 is 19.6. The number of nitrogens with zero attached hydrogens (tertiary/aromatic N) is 2. The summed E-state index contributed by atoms with van der Waals surface area (Å²) >= 11 is 0. The molecule has 1 aromatic carbocycles. The highest BCUT2D eigenvalue weighted by atomic mass is 19.1. The van der Waals surface area contributed by atoms with Crippen LogP contribution in [0.25, 0.3) is 0 Å². The average Bonchev–Trinajstić information content (AvgIpc) is 2.64. The van der Waals surface area contributed by atoms with Gasteiger partial charge in [0, 0.05) is 25.3 Å². The third-order valence-corrected chi connectivity index (χ3v) is 5.58. The molecule has 0 aromatic heterocycles. The van der Waals surface area contributed by atoms with Crippen molar-refractivity contribution in [1.29, 1.82) is 0 Å². The number of morpholine rings is 1. The number of likely N-dealkylation sites (N-methyl/N-ethyl adjacent to an activating group) is 1. The molecular formula is C20H29FN4O3. The molecule has 2 fully saturated rings. The van der Waals surface area contributed by atoms with Gasteiger partial charge in [0.25, 0.3) is 5.91 Å². The number of nitrogens with two attached hydrogens (primary N) is 1. The third kappa shape index (κ3) is 4.68. The molecule has 1 heterocycles. The zero-order valence-electron chi connectivity index (χ0n) is 16.3. The Balaban J connectivity index is 1.66. The second-order valence-electron chi connectivity index (χ2n) is 7.39. The first-order valence-electron chi connectivity index (χ1n) is 9.96. The van der Waals surface area contributed by atoms with E-state index in [1.165, 1.54) is 36.3 Å². The van der Waals surface area contributed by atoms with Gasteiger partial charge in [0.15, 0.2) is 0 Å². The van der Waals surface area contributed by atoms with Crippen molar-refractivity contribution in [2.24, 2.45) is 11.7 Å². The maximum atomic E-state index is 14.6. The summed E-state index contributed by atoms with van der Waals surface area (Å²) in [5, 5.41) is 2.77. The van der Waals surface area contributed by atoms with Gasteiger partial charge in [-0.15, -0.1) is 0 Å². The molecule has 1 aromatic rings. The fraction of sp³-hybridized carbons (Fsp3) is 0.600. The number of nitrogens with one attached hydrogen (secondary N) is 1. The van der Waals surface area contributed by atoms with Gasteiger partial charge in [0.05, 0.1) is 12.3 Å². The number of anilines is 2. The second-order valence-corrected chi connectivity index (χ2v) is 7.39. The van der Waals surface area contributed by atoms with Gasteiger partial charge in [-0.2, -0.15) is 0 Å². The van der Waals surface area contributed by atoms with Gasteiger partial charge in [0.2, 0.25) is 5.91 Å². The van der Waals surface area contributed by atoms with Crippen molar-refractivity contribution in [3.05, 3.63) is 24.0 Å². The van der Waals surface area contributed by atoms with Gasteiger partial charge in [0.1, 0.15) is 18.5 Å².